The van der Waals surface area contributed by atoms with E-state index >= 15 is 0 Å². The second-order valence-electron chi connectivity index (χ2n) is 7.07. The van der Waals surface area contributed by atoms with Crippen LogP contribution in [0.1, 0.15) is 39.0 Å². The molecule has 0 saturated carbocycles. The van der Waals surface area contributed by atoms with Gasteiger partial charge in [-0.25, -0.2) is 0 Å². The highest BCUT2D eigenvalue weighted by atomic mass is 16.4. The molecule has 0 aliphatic carbocycles. The van der Waals surface area contributed by atoms with Gasteiger partial charge in [-0.2, -0.15) is 0 Å². The molecule has 156 valence electrons. The zero-order valence-corrected chi connectivity index (χ0v) is 15.6. The van der Waals surface area contributed by atoms with Crippen molar-refractivity contribution in [3.63, 3.8) is 0 Å². The third-order valence-electron chi connectivity index (χ3n) is 4.94. The van der Waals surface area contributed by atoms with Gasteiger partial charge >= 0.3 is 11.9 Å². The predicted octanol–water partition coefficient (Wildman–Crippen LogP) is -1.72. The Morgan fingerprint density at radius 1 is 1.11 bits per heavy atom. The number of carboxylic acid groups (broad SMARTS) is 2. The molecule has 0 aromatic heterocycles. The first kappa shape index (κ1) is 21.6. The Labute approximate surface area is 161 Å². The Balaban J connectivity index is 2.04. The van der Waals surface area contributed by atoms with Crippen molar-refractivity contribution in [3.8, 4) is 0 Å². The number of hydrogen-bond acceptors (Lipinski definition) is 6. The van der Waals surface area contributed by atoms with Crippen LogP contribution in [0.3, 0.4) is 0 Å². The summed E-state index contributed by atoms with van der Waals surface area (Å²) in [5, 5.41) is 25.5. The molecule has 2 fully saturated rings. The highest BCUT2D eigenvalue weighted by Gasteiger charge is 2.39. The zero-order chi connectivity index (χ0) is 20.8. The maximum Gasteiger partial charge on any atom is 0.325 e. The van der Waals surface area contributed by atoms with Crippen molar-refractivity contribution < 1.29 is 34.2 Å². The Bertz CT molecular complexity index is 647. The molecule has 3 amide bonds. The largest absolute Gasteiger partial charge is 0.481 e. The maximum absolute atomic E-state index is 12.7. The van der Waals surface area contributed by atoms with E-state index in [9.17, 15) is 24.0 Å². The molecular weight excluding hydrogens is 372 g/mol. The van der Waals surface area contributed by atoms with Crippen LogP contribution in [0.5, 0.6) is 0 Å². The van der Waals surface area contributed by atoms with Crippen LogP contribution < -0.4 is 16.0 Å². The van der Waals surface area contributed by atoms with Crippen LogP contribution in [0, 0.1) is 0 Å². The monoisotopic (exact) mass is 398 g/mol. The van der Waals surface area contributed by atoms with Gasteiger partial charge in [0.1, 0.15) is 18.1 Å². The molecule has 2 rings (SSSR count). The minimum atomic E-state index is -1.44. The normalized spacial score (nSPS) is 23.7. The first-order valence-corrected chi connectivity index (χ1v) is 9.30. The number of carbonyl (C=O) groups is 5. The van der Waals surface area contributed by atoms with Gasteiger partial charge in [0.2, 0.25) is 17.7 Å². The van der Waals surface area contributed by atoms with Crippen molar-refractivity contribution >= 4 is 29.7 Å². The van der Waals surface area contributed by atoms with E-state index in [0.29, 0.717) is 25.8 Å². The molecule has 0 aromatic carbocycles. The Hall–Kier alpha value is -2.69. The SMILES string of the molecule is CC(NC(=O)C(CC(=O)O)NC(=O)C1CCCN1C(=O)C1CCCN1)C(=O)O. The smallest absolute Gasteiger partial charge is 0.325 e. The summed E-state index contributed by atoms with van der Waals surface area (Å²) in [6.45, 7) is 2.39. The van der Waals surface area contributed by atoms with E-state index in [4.69, 9.17) is 10.2 Å². The topological polar surface area (TPSA) is 165 Å². The van der Waals surface area contributed by atoms with Gasteiger partial charge in [-0.3, -0.25) is 24.0 Å². The average molecular weight is 398 g/mol. The molecule has 2 heterocycles. The van der Waals surface area contributed by atoms with Gasteiger partial charge in [0.05, 0.1) is 12.5 Å². The molecule has 2 saturated heterocycles. The second kappa shape index (κ2) is 9.49. The summed E-state index contributed by atoms with van der Waals surface area (Å²) in [5.74, 6) is -4.30. The van der Waals surface area contributed by atoms with E-state index < -0.39 is 48.3 Å². The van der Waals surface area contributed by atoms with E-state index in [1.165, 1.54) is 11.8 Å². The molecule has 28 heavy (non-hydrogen) atoms. The van der Waals surface area contributed by atoms with Crippen LogP contribution in [-0.2, 0) is 24.0 Å². The molecule has 0 spiro atoms. The summed E-state index contributed by atoms with van der Waals surface area (Å²) in [4.78, 5) is 60.9. The third kappa shape index (κ3) is 5.41. The molecule has 2 aliphatic rings. The standard InChI is InChI=1S/C17H26N4O7/c1-9(17(27)28)19-14(24)11(8-13(22)23)20-15(25)12-5-3-7-21(12)16(26)10-4-2-6-18-10/h9-12,18H,2-8H2,1H3,(H,19,24)(H,20,25)(H,22,23)(H,27,28). The minimum Gasteiger partial charge on any atom is -0.481 e. The lowest BCUT2D eigenvalue weighted by Gasteiger charge is -2.28. The van der Waals surface area contributed by atoms with Gasteiger partial charge in [-0.15, -0.1) is 0 Å². The van der Waals surface area contributed by atoms with E-state index in [2.05, 4.69) is 16.0 Å². The van der Waals surface area contributed by atoms with E-state index in [1.54, 1.807) is 0 Å². The van der Waals surface area contributed by atoms with Gasteiger partial charge in [0.25, 0.3) is 0 Å². The van der Waals surface area contributed by atoms with E-state index in [1.807, 2.05) is 0 Å². The number of rotatable bonds is 8. The Kier molecular flexibility index (Phi) is 7.32. The van der Waals surface area contributed by atoms with Crippen molar-refractivity contribution in [3.05, 3.63) is 0 Å². The van der Waals surface area contributed by atoms with Crippen LogP contribution in [0.25, 0.3) is 0 Å². The van der Waals surface area contributed by atoms with Gasteiger partial charge in [0.15, 0.2) is 0 Å². The van der Waals surface area contributed by atoms with Crippen LogP contribution in [-0.4, -0.2) is 82.0 Å². The molecular formula is C17H26N4O7. The van der Waals surface area contributed by atoms with Crippen molar-refractivity contribution in [2.24, 2.45) is 0 Å². The Morgan fingerprint density at radius 3 is 2.39 bits per heavy atom. The summed E-state index contributed by atoms with van der Waals surface area (Å²) < 4.78 is 0. The number of carboxylic acids is 2. The van der Waals surface area contributed by atoms with Crippen molar-refractivity contribution in [1.29, 1.82) is 0 Å². The van der Waals surface area contributed by atoms with Crippen molar-refractivity contribution in [2.45, 2.75) is 63.2 Å². The maximum atomic E-state index is 12.7. The number of carbonyl (C=O) groups excluding carboxylic acids is 3. The molecule has 4 atom stereocenters. The summed E-state index contributed by atoms with van der Waals surface area (Å²) in [6, 6.07) is -3.79. The second-order valence-corrected chi connectivity index (χ2v) is 7.07. The first-order chi connectivity index (χ1) is 13.2. The molecule has 0 radical (unpaired) electrons. The highest BCUT2D eigenvalue weighted by Crippen LogP contribution is 2.21. The van der Waals surface area contributed by atoms with Crippen LogP contribution in [0.4, 0.5) is 0 Å². The van der Waals surface area contributed by atoms with Crippen LogP contribution >= 0.6 is 0 Å². The minimum absolute atomic E-state index is 0.172. The molecule has 0 bridgehead atoms. The molecule has 11 nitrogen and oxygen atoms in total. The van der Waals surface area contributed by atoms with Gasteiger partial charge in [0, 0.05) is 6.54 Å². The highest BCUT2D eigenvalue weighted by molar-refractivity contribution is 5.95. The number of nitrogens with one attached hydrogen (secondary N) is 3. The van der Waals surface area contributed by atoms with Crippen LogP contribution in [0.2, 0.25) is 0 Å². The Morgan fingerprint density at radius 2 is 1.82 bits per heavy atom. The molecule has 0 aromatic rings. The summed E-state index contributed by atoms with van der Waals surface area (Å²) >= 11 is 0. The summed E-state index contributed by atoms with van der Waals surface area (Å²) in [5.41, 5.74) is 0. The van der Waals surface area contributed by atoms with Gasteiger partial charge < -0.3 is 31.1 Å². The first-order valence-electron chi connectivity index (χ1n) is 9.30. The number of amides is 3. The lowest BCUT2D eigenvalue weighted by atomic mass is 10.1. The lowest BCUT2D eigenvalue weighted by Crippen LogP contribution is -2.56. The quantitative estimate of drug-likeness (QED) is 0.322. The molecule has 11 heteroatoms. The van der Waals surface area contributed by atoms with E-state index in [0.717, 1.165) is 13.0 Å². The zero-order valence-electron chi connectivity index (χ0n) is 15.6. The number of likely N-dealkylation sites (tertiary alicyclic amines) is 1. The number of hydrogen-bond donors (Lipinski definition) is 5. The van der Waals surface area contributed by atoms with Crippen LogP contribution in [0.15, 0.2) is 0 Å². The lowest BCUT2D eigenvalue weighted by molar-refractivity contribution is -0.144. The van der Waals surface area contributed by atoms with Crippen molar-refractivity contribution in [2.75, 3.05) is 13.1 Å². The average Bonchev–Trinajstić information content (AvgIpc) is 3.31. The molecule has 4 unspecified atom stereocenters. The third-order valence-corrected chi connectivity index (χ3v) is 4.94. The molecule has 2 aliphatic heterocycles. The fourth-order valence-electron chi connectivity index (χ4n) is 3.43. The van der Waals surface area contributed by atoms with Gasteiger partial charge in [-0.1, -0.05) is 0 Å². The van der Waals surface area contributed by atoms with Gasteiger partial charge in [-0.05, 0) is 39.2 Å². The fraction of sp³-hybridized carbons (Fsp3) is 0.706. The fourth-order valence-corrected chi connectivity index (χ4v) is 3.43. The predicted molar refractivity (Wildman–Crippen MR) is 95.2 cm³/mol. The number of aliphatic carboxylic acids is 2. The number of nitrogens with zero attached hydrogens (tertiary/aromatic N) is 1. The van der Waals surface area contributed by atoms with E-state index in [-0.39, 0.29) is 11.9 Å². The summed E-state index contributed by atoms with van der Waals surface area (Å²) in [7, 11) is 0. The molecule has 5 N–H and O–H groups in total. The van der Waals surface area contributed by atoms with Crippen molar-refractivity contribution in [1.82, 2.24) is 20.9 Å². The summed E-state index contributed by atoms with van der Waals surface area (Å²) in [6.07, 6.45) is 1.92.